The van der Waals surface area contributed by atoms with E-state index >= 15 is 0 Å². The Balaban J connectivity index is 2.55. The zero-order valence-electron chi connectivity index (χ0n) is 13.6. The van der Waals surface area contributed by atoms with Gasteiger partial charge in [-0.05, 0) is 25.7 Å². The molecule has 1 aromatic heterocycles. The van der Waals surface area contributed by atoms with Crippen LogP contribution in [-0.4, -0.2) is 23.1 Å². The molecule has 0 spiro atoms. The molecular weight excluding hydrogens is 250 g/mol. The lowest BCUT2D eigenvalue weighted by Gasteiger charge is -2.25. The molecule has 1 aromatic rings. The van der Waals surface area contributed by atoms with Crippen molar-refractivity contribution in [1.29, 1.82) is 0 Å². The van der Waals surface area contributed by atoms with E-state index in [0.717, 1.165) is 12.2 Å². The Bertz CT molecular complexity index is 405. The van der Waals surface area contributed by atoms with Gasteiger partial charge in [-0.1, -0.05) is 40.0 Å². The molecule has 0 aliphatic heterocycles. The van der Waals surface area contributed by atoms with Crippen LogP contribution < -0.4 is 10.1 Å². The van der Waals surface area contributed by atoms with Gasteiger partial charge < -0.3 is 10.1 Å². The summed E-state index contributed by atoms with van der Waals surface area (Å²) in [5.74, 6) is 1.31. The molecule has 20 heavy (non-hydrogen) atoms. The zero-order valence-corrected chi connectivity index (χ0v) is 13.6. The van der Waals surface area contributed by atoms with Crippen molar-refractivity contribution in [2.75, 3.05) is 18.5 Å². The molecule has 1 N–H and O–H groups in total. The minimum absolute atomic E-state index is 0.258. The van der Waals surface area contributed by atoms with Crippen molar-refractivity contribution in [2.24, 2.45) is 5.41 Å². The SMILES string of the molecule is CCCCCC(C)(C)CNc1nc(C)cc(OCC)n1. The summed E-state index contributed by atoms with van der Waals surface area (Å²) in [5.41, 5.74) is 1.18. The van der Waals surface area contributed by atoms with E-state index < -0.39 is 0 Å². The normalized spacial score (nSPS) is 11.4. The highest BCUT2D eigenvalue weighted by Gasteiger charge is 2.17. The standard InChI is InChI=1S/C16H29N3O/c1-6-8-9-10-16(4,5)12-17-15-18-13(3)11-14(19-15)20-7-2/h11H,6-10,12H2,1-5H3,(H,17,18,19). The first kappa shape index (κ1) is 16.7. The molecular formula is C16H29N3O. The summed E-state index contributed by atoms with van der Waals surface area (Å²) < 4.78 is 5.45. The van der Waals surface area contributed by atoms with E-state index in [1.165, 1.54) is 25.7 Å². The Morgan fingerprint density at radius 1 is 1.20 bits per heavy atom. The molecule has 0 atom stereocenters. The highest BCUT2D eigenvalue weighted by molar-refractivity contribution is 5.30. The van der Waals surface area contributed by atoms with Crippen molar-refractivity contribution in [3.63, 3.8) is 0 Å². The van der Waals surface area contributed by atoms with Crippen molar-refractivity contribution in [3.8, 4) is 5.88 Å². The average molecular weight is 279 g/mol. The first-order valence-electron chi connectivity index (χ1n) is 7.69. The fraction of sp³-hybridized carbons (Fsp3) is 0.750. The van der Waals surface area contributed by atoms with Crippen LogP contribution in [-0.2, 0) is 0 Å². The van der Waals surface area contributed by atoms with Gasteiger partial charge in [0.05, 0.1) is 6.61 Å². The van der Waals surface area contributed by atoms with Gasteiger partial charge in [-0.3, -0.25) is 0 Å². The first-order chi connectivity index (χ1) is 9.46. The van der Waals surface area contributed by atoms with E-state index in [4.69, 9.17) is 4.74 Å². The summed E-state index contributed by atoms with van der Waals surface area (Å²) in [5, 5.41) is 3.35. The Morgan fingerprint density at radius 2 is 1.95 bits per heavy atom. The summed E-state index contributed by atoms with van der Waals surface area (Å²) in [7, 11) is 0. The Morgan fingerprint density at radius 3 is 2.60 bits per heavy atom. The van der Waals surface area contributed by atoms with Crippen LogP contribution in [0.5, 0.6) is 5.88 Å². The molecule has 0 saturated heterocycles. The summed E-state index contributed by atoms with van der Waals surface area (Å²) in [6, 6.07) is 1.86. The monoisotopic (exact) mass is 279 g/mol. The molecule has 0 aliphatic rings. The predicted octanol–water partition coefficient (Wildman–Crippen LogP) is 4.20. The van der Waals surface area contributed by atoms with Crippen molar-refractivity contribution in [3.05, 3.63) is 11.8 Å². The number of nitrogens with one attached hydrogen (secondary N) is 1. The van der Waals surface area contributed by atoms with Gasteiger partial charge in [0.15, 0.2) is 0 Å². The second kappa shape index (κ2) is 8.08. The van der Waals surface area contributed by atoms with Crippen LogP contribution in [0.3, 0.4) is 0 Å². The Kier molecular flexibility index (Phi) is 6.76. The molecule has 0 aromatic carbocycles. The van der Waals surface area contributed by atoms with E-state index in [9.17, 15) is 0 Å². The predicted molar refractivity (Wildman–Crippen MR) is 84.4 cm³/mol. The lowest BCUT2D eigenvalue weighted by molar-refractivity contribution is 0.324. The van der Waals surface area contributed by atoms with E-state index in [0.29, 0.717) is 18.4 Å². The Labute approximate surface area is 123 Å². The minimum atomic E-state index is 0.258. The molecule has 4 nitrogen and oxygen atoms in total. The average Bonchev–Trinajstić information content (AvgIpc) is 2.37. The molecule has 1 rings (SSSR count). The quantitative estimate of drug-likeness (QED) is 0.688. The molecule has 0 amide bonds. The van der Waals surface area contributed by atoms with Crippen molar-refractivity contribution >= 4 is 5.95 Å². The maximum atomic E-state index is 5.45. The molecule has 0 aliphatic carbocycles. The summed E-state index contributed by atoms with van der Waals surface area (Å²) in [4.78, 5) is 8.79. The van der Waals surface area contributed by atoms with Crippen LogP contribution in [0, 0.1) is 12.3 Å². The molecule has 0 radical (unpaired) electrons. The van der Waals surface area contributed by atoms with Crippen LogP contribution in [0.15, 0.2) is 6.07 Å². The van der Waals surface area contributed by atoms with Crippen molar-refractivity contribution in [1.82, 2.24) is 9.97 Å². The van der Waals surface area contributed by atoms with Gasteiger partial charge >= 0.3 is 0 Å². The summed E-state index contributed by atoms with van der Waals surface area (Å²) in [6.07, 6.45) is 5.07. The molecule has 4 heteroatoms. The number of aryl methyl sites for hydroxylation is 1. The van der Waals surface area contributed by atoms with Crippen LogP contribution in [0.1, 0.15) is 59.1 Å². The van der Waals surface area contributed by atoms with Crippen LogP contribution in [0.25, 0.3) is 0 Å². The molecule has 0 unspecified atom stereocenters. The third kappa shape index (κ3) is 6.22. The topological polar surface area (TPSA) is 47.0 Å². The third-order valence-corrected chi connectivity index (χ3v) is 3.31. The van der Waals surface area contributed by atoms with E-state index in [1.54, 1.807) is 0 Å². The molecule has 0 fully saturated rings. The molecule has 1 heterocycles. The van der Waals surface area contributed by atoms with Gasteiger partial charge in [0.1, 0.15) is 0 Å². The van der Waals surface area contributed by atoms with Crippen LogP contribution >= 0.6 is 0 Å². The van der Waals surface area contributed by atoms with Gasteiger partial charge in [0.25, 0.3) is 0 Å². The number of rotatable bonds is 9. The smallest absolute Gasteiger partial charge is 0.226 e. The number of unbranched alkanes of at least 4 members (excludes halogenated alkanes) is 2. The maximum Gasteiger partial charge on any atom is 0.226 e. The Hall–Kier alpha value is -1.32. The van der Waals surface area contributed by atoms with E-state index in [-0.39, 0.29) is 5.41 Å². The maximum absolute atomic E-state index is 5.45. The molecule has 114 valence electrons. The van der Waals surface area contributed by atoms with Crippen LogP contribution in [0.4, 0.5) is 5.95 Å². The number of anilines is 1. The number of hydrogen-bond donors (Lipinski definition) is 1. The lowest BCUT2D eigenvalue weighted by Crippen LogP contribution is -2.24. The van der Waals surface area contributed by atoms with Gasteiger partial charge in [0.2, 0.25) is 11.8 Å². The summed E-state index contributed by atoms with van der Waals surface area (Å²) >= 11 is 0. The number of nitrogens with zero attached hydrogens (tertiary/aromatic N) is 2. The zero-order chi connectivity index (χ0) is 15.0. The second-order valence-corrected chi connectivity index (χ2v) is 6.08. The third-order valence-electron chi connectivity index (χ3n) is 3.31. The largest absolute Gasteiger partial charge is 0.478 e. The van der Waals surface area contributed by atoms with Gasteiger partial charge in [-0.25, -0.2) is 4.98 Å². The highest BCUT2D eigenvalue weighted by Crippen LogP contribution is 2.24. The lowest BCUT2D eigenvalue weighted by atomic mass is 9.87. The van der Waals surface area contributed by atoms with Crippen molar-refractivity contribution < 1.29 is 4.74 Å². The number of hydrogen-bond acceptors (Lipinski definition) is 4. The second-order valence-electron chi connectivity index (χ2n) is 6.08. The number of ether oxygens (including phenoxy) is 1. The van der Waals surface area contributed by atoms with E-state index in [2.05, 4.69) is 36.1 Å². The van der Waals surface area contributed by atoms with Gasteiger partial charge in [-0.15, -0.1) is 0 Å². The van der Waals surface area contributed by atoms with Gasteiger partial charge in [-0.2, -0.15) is 4.98 Å². The fourth-order valence-electron chi connectivity index (χ4n) is 2.10. The van der Waals surface area contributed by atoms with Crippen LogP contribution in [0.2, 0.25) is 0 Å². The molecule has 0 saturated carbocycles. The number of aromatic nitrogens is 2. The minimum Gasteiger partial charge on any atom is -0.478 e. The van der Waals surface area contributed by atoms with Crippen molar-refractivity contribution in [2.45, 2.75) is 60.3 Å². The van der Waals surface area contributed by atoms with Gasteiger partial charge in [0, 0.05) is 18.3 Å². The molecule has 0 bridgehead atoms. The summed E-state index contributed by atoms with van der Waals surface area (Å²) in [6.45, 7) is 12.2. The first-order valence-corrected chi connectivity index (χ1v) is 7.69. The highest BCUT2D eigenvalue weighted by atomic mass is 16.5. The fourth-order valence-corrected chi connectivity index (χ4v) is 2.10. The van der Waals surface area contributed by atoms with E-state index in [1.807, 2.05) is 19.9 Å².